The highest BCUT2D eigenvalue weighted by Crippen LogP contribution is 2.34. The Bertz CT molecular complexity index is 792. The van der Waals surface area contributed by atoms with Gasteiger partial charge in [0.1, 0.15) is 17.1 Å². The zero-order valence-electron chi connectivity index (χ0n) is 12.6. The number of ether oxygens (including phenoxy) is 2. The van der Waals surface area contributed by atoms with Gasteiger partial charge in [-0.25, -0.2) is 9.78 Å². The van der Waals surface area contributed by atoms with Crippen LogP contribution in [0.2, 0.25) is 0 Å². The SMILES string of the molecule is COC(=O)c1c(Oc2ccc(F)nc2C)ccc([N+](=O)[O-])c1C. The van der Waals surface area contributed by atoms with Gasteiger partial charge >= 0.3 is 5.97 Å². The lowest BCUT2D eigenvalue weighted by molar-refractivity contribution is -0.385. The minimum absolute atomic E-state index is 0.0644. The Morgan fingerprint density at radius 3 is 2.43 bits per heavy atom. The smallest absolute Gasteiger partial charge is 0.342 e. The molecule has 120 valence electrons. The molecule has 1 aromatic carbocycles. The number of carbonyl (C=O) groups is 1. The van der Waals surface area contributed by atoms with E-state index in [9.17, 15) is 19.3 Å². The van der Waals surface area contributed by atoms with Crippen molar-refractivity contribution in [1.82, 2.24) is 4.98 Å². The Kier molecular flexibility index (Phi) is 4.54. The molecule has 0 unspecified atom stereocenters. The maximum Gasteiger partial charge on any atom is 0.342 e. The topological polar surface area (TPSA) is 91.6 Å². The first-order chi connectivity index (χ1) is 10.8. The fraction of sp³-hybridized carbons (Fsp3) is 0.200. The summed E-state index contributed by atoms with van der Waals surface area (Å²) in [5.74, 6) is -1.14. The average molecular weight is 320 g/mol. The highest BCUT2D eigenvalue weighted by atomic mass is 19.1. The number of aromatic nitrogens is 1. The number of hydrogen-bond donors (Lipinski definition) is 0. The van der Waals surface area contributed by atoms with Crippen molar-refractivity contribution < 1.29 is 23.6 Å². The van der Waals surface area contributed by atoms with Gasteiger partial charge in [-0.05, 0) is 32.0 Å². The van der Waals surface area contributed by atoms with Crippen LogP contribution in [0.15, 0.2) is 24.3 Å². The monoisotopic (exact) mass is 320 g/mol. The molecule has 0 aliphatic rings. The van der Waals surface area contributed by atoms with Gasteiger partial charge in [0.2, 0.25) is 5.95 Å². The summed E-state index contributed by atoms with van der Waals surface area (Å²) in [4.78, 5) is 26.0. The van der Waals surface area contributed by atoms with Crippen LogP contribution in [0, 0.1) is 29.9 Å². The van der Waals surface area contributed by atoms with Crippen LogP contribution in [0.5, 0.6) is 11.5 Å². The molecule has 7 nitrogen and oxygen atoms in total. The van der Waals surface area contributed by atoms with Crippen molar-refractivity contribution in [2.75, 3.05) is 7.11 Å². The highest BCUT2D eigenvalue weighted by Gasteiger charge is 2.24. The minimum Gasteiger partial charge on any atom is -0.465 e. The van der Waals surface area contributed by atoms with Crippen molar-refractivity contribution in [3.63, 3.8) is 0 Å². The Morgan fingerprint density at radius 2 is 1.87 bits per heavy atom. The van der Waals surface area contributed by atoms with Crippen LogP contribution in [0.1, 0.15) is 21.6 Å². The van der Waals surface area contributed by atoms with Gasteiger partial charge in [0.25, 0.3) is 5.69 Å². The average Bonchev–Trinajstić information content (AvgIpc) is 2.49. The van der Waals surface area contributed by atoms with Gasteiger partial charge in [0.05, 0.1) is 17.7 Å². The van der Waals surface area contributed by atoms with Gasteiger partial charge < -0.3 is 9.47 Å². The van der Waals surface area contributed by atoms with Crippen molar-refractivity contribution in [2.45, 2.75) is 13.8 Å². The fourth-order valence-corrected chi connectivity index (χ4v) is 2.06. The summed E-state index contributed by atoms with van der Waals surface area (Å²) >= 11 is 0. The van der Waals surface area contributed by atoms with Gasteiger partial charge in [0, 0.05) is 11.6 Å². The van der Waals surface area contributed by atoms with E-state index >= 15 is 0 Å². The number of esters is 1. The first kappa shape index (κ1) is 16.3. The number of rotatable bonds is 4. The Labute approximate surface area is 130 Å². The van der Waals surface area contributed by atoms with E-state index in [4.69, 9.17) is 4.74 Å². The summed E-state index contributed by atoms with van der Waals surface area (Å²) < 4.78 is 23.3. The van der Waals surface area contributed by atoms with E-state index in [1.165, 1.54) is 32.0 Å². The van der Waals surface area contributed by atoms with Crippen LogP contribution in [-0.4, -0.2) is 23.0 Å². The third-order valence-electron chi connectivity index (χ3n) is 3.21. The predicted octanol–water partition coefficient (Wildman–Crippen LogP) is 3.32. The summed E-state index contributed by atoms with van der Waals surface area (Å²) in [6, 6.07) is 4.98. The number of nitrogens with zero attached hydrogens (tertiary/aromatic N) is 2. The molecule has 8 heteroatoms. The molecule has 0 bridgehead atoms. The lowest BCUT2D eigenvalue weighted by Crippen LogP contribution is -2.08. The maximum absolute atomic E-state index is 13.0. The van der Waals surface area contributed by atoms with Crippen LogP contribution in [-0.2, 0) is 4.74 Å². The molecule has 0 spiro atoms. The Balaban J connectivity index is 2.55. The highest BCUT2D eigenvalue weighted by molar-refractivity contribution is 5.95. The zero-order chi connectivity index (χ0) is 17.1. The number of hydrogen-bond acceptors (Lipinski definition) is 6. The Morgan fingerprint density at radius 1 is 1.22 bits per heavy atom. The minimum atomic E-state index is -0.770. The number of carbonyl (C=O) groups excluding carboxylic acids is 1. The van der Waals surface area contributed by atoms with E-state index < -0.39 is 16.8 Å². The zero-order valence-corrected chi connectivity index (χ0v) is 12.6. The fourth-order valence-electron chi connectivity index (χ4n) is 2.06. The molecule has 23 heavy (non-hydrogen) atoms. The van der Waals surface area contributed by atoms with E-state index in [1.807, 2.05) is 0 Å². The summed E-state index contributed by atoms with van der Waals surface area (Å²) in [7, 11) is 1.16. The first-order valence-electron chi connectivity index (χ1n) is 6.52. The summed E-state index contributed by atoms with van der Waals surface area (Å²) in [6.07, 6.45) is 0. The second-order valence-corrected chi connectivity index (χ2v) is 4.65. The van der Waals surface area contributed by atoms with Crippen LogP contribution in [0.3, 0.4) is 0 Å². The van der Waals surface area contributed by atoms with Gasteiger partial charge in [-0.15, -0.1) is 0 Å². The first-order valence-corrected chi connectivity index (χ1v) is 6.52. The second kappa shape index (κ2) is 6.39. The lowest BCUT2D eigenvalue weighted by Gasteiger charge is -2.13. The molecule has 0 saturated heterocycles. The number of benzene rings is 1. The van der Waals surface area contributed by atoms with E-state index in [2.05, 4.69) is 9.72 Å². The van der Waals surface area contributed by atoms with Crippen molar-refractivity contribution >= 4 is 11.7 Å². The van der Waals surface area contributed by atoms with Crippen LogP contribution >= 0.6 is 0 Å². The molecule has 0 radical (unpaired) electrons. The third-order valence-corrected chi connectivity index (χ3v) is 3.21. The second-order valence-electron chi connectivity index (χ2n) is 4.65. The van der Waals surface area contributed by atoms with Crippen LogP contribution in [0.4, 0.5) is 10.1 Å². The maximum atomic E-state index is 13.0. The van der Waals surface area contributed by atoms with Crippen LogP contribution < -0.4 is 4.74 Å². The van der Waals surface area contributed by atoms with Crippen LogP contribution in [0.25, 0.3) is 0 Å². The molecule has 1 heterocycles. The quantitative estimate of drug-likeness (QED) is 0.371. The molecule has 0 aliphatic carbocycles. The number of methoxy groups -OCH3 is 1. The molecular formula is C15H13FN2O5. The standard InChI is InChI=1S/C15H13FN2O5/c1-8-10(18(20)21)4-5-12(14(8)15(19)22-3)23-11-6-7-13(16)17-9(11)2/h4-7H,1-3H3. The molecule has 0 atom stereocenters. The number of halogens is 1. The summed E-state index contributed by atoms with van der Waals surface area (Å²) in [6.45, 7) is 2.96. The van der Waals surface area contributed by atoms with E-state index in [0.717, 1.165) is 13.2 Å². The molecule has 2 rings (SSSR count). The summed E-state index contributed by atoms with van der Waals surface area (Å²) in [5.41, 5.74) is 0.0982. The third kappa shape index (κ3) is 3.25. The number of nitro benzene ring substituents is 1. The predicted molar refractivity (Wildman–Crippen MR) is 78.2 cm³/mol. The van der Waals surface area contributed by atoms with Gasteiger partial charge in [0.15, 0.2) is 0 Å². The molecule has 0 saturated carbocycles. The van der Waals surface area contributed by atoms with Crippen molar-refractivity contribution in [1.29, 1.82) is 0 Å². The molecular weight excluding hydrogens is 307 g/mol. The number of aryl methyl sites for hydroxylation is 1. The molecule has 0 amide bonds. The number of pyridine rings is 1. The lowest BCUT2D eigenvalue weighted by atomic mass is 10.1. The summed E-state index contributed by atoms with van der Waals surface area (Å²) in [5, 5.41) is 11.0. The van der Waals surface area contributed by atoms with E-state index in [1.54, 1.807) is 0 Å². The molecule has 0 N–H and O–H groups in total. The van der Waals surface area contributed by atoms with Crippen molar-refractivity contribution in [2.24, 2.45) is 0 Å². The van der Waals surface area contributed by atoms with E-state index in [-0.39, 0.29) is 34.0 Å². The number of nitro groups is 1. The molecule has 0 aliphatic heterocycles. The van der Waals surface area contributed by atoms with E-state index in [0.29, 0.717) is 0 Å². The normalized spacial score (nSPS) is 10.3. The van der Waals surface area contributed by atoms with Crippen molar-refractivity contribution in [3.05, 3.63) is 57.1 Å². The largest absolute Gasteiger partial charge is 0.465 e. The molecule has 2 aromatic rings. The van der Waals surface area contributed by atoms with Gasteiger partial charge in [-0.2, -0.15) is 4.39 Å². The van der Waals surface area contributed by atoms with Crippen molar-refractivity contribution in [3.8, 4) is 11.5 Å². The molecule has 1 aromatic heterocycles. The van der Waals surface area contributed by atoms with Gasteiger partial charge in [-0.1, -0.05) is 0 Å². The Hall–Kier alpha value is -3.03. The molecule has 0 fully saturated rings. The van der Waals surface area contributed by atoms with Gasteiger partial charge in [-0.3, -0.25) is 10.1 Å².